The number of carbonyl (C=O) groups excluding carboxylic acids is 1. The zero-order chi connectivity index (χ0) is 18.8. The Labute approximate surface area is 157 Å². The molecule has 0 unspecified atom stereocenters. The molecule has 0 aliphatic rings. The highest BCUT2D eigenvalue weighted by atomic mass is 32.1. The van der Waals surface area contributed by atoms with Crippen molar-refractivity contribution in [2.75, 3.05) is 19.6 Å². The number of benzene rings is 1. The molecule has 0 bridgehead atoms. The molecule has 0 spiro atoms. The molecule has 0 aliphatic carbocycles. The Kier molecular flexibility index (Phi) is 8.08. The van der Waals surface area contributed by atoms with Crippen molar-refractivity contribution in [3.05, 3.63) is 57.5 Å². The molecule has 0 radical (unpaired) electrons. The third-order valence-electron chi connectivity index (χ3n) is 3.66. The Morgan fingerprint density at radius 3 is 2.69 bits per heavy atom. The van der Waals surface area contributed by atoms with Gasteiger partial charge in [-0.3, -0.25) is 4.79 Å². The largest absolute Gasteiger partial charge is 0.357 e. The smallest absolute Gasteiger partial charge is 0.261 e. The van der Waals surface area contributed by atoms with Crippen LogP contribution in [-0.4, -0.2) is 31.5 Å². The van der Waals surface area contributed by atoms with Crippen molar-refractivity contribution in [1.29, 1.82) is 0 Å². The minimum Gasteiger partial charge on any atom is -0.357 e. The highest BCUT2D eigenvalue weighted by molar-refractivity contribution is 7.12. The normalized spacial score (nSPS) is 11.3. The van der Waals surface area contributed by atoms with E-state index >= 15 is 0 Å². The van der Waals surface area contributed by atoms with Gasteiger partial charge in [-0.2, -0.15) is 0 Å². The van der Waals surface area contributed by atoms with Crippen LogP contribution in [0.25, 0.3) is 0 Å². The summed E-state index contributed by atoms with van der Waals surface area (Å²) in [5.74, 6) is 0.471. The number of halogens is 1. The topological polar surface area (TPSA) is 65.5 Å². The van der Waals surface area contributed by atoms with E-state index in [1.54, 1.807) is 13.0 Å². The quantitative estimate of drug-likeness (QED) is 0.377. The van der Waals surface area contributed by atoms with Crippen LogP contribution in [0.15, 0.2) is 40.7 Å². The van der Waals surface area contributed by atoms with Crippen molar-refractivity contribution in [3.8, 4) is 0 Å². The van der Waals surface area contributed by atoms with Gasteiger partial charge < -0.3 is 16.0 Å². The molecule has 0 aliphatic heterocycles. The predicted molar refractivity (Wildman–Crippen MR) is 105 cm³/mol. The zero-order valence-corrected chi connectivity index (χ0v) is 16.0. The number of carbonyl (C=O) groups is 1. The van der Waals surface area contributed by atoms with E-state index in [0.717, 1.165) is 23.4 Å². The van der Waals surface area contributed by atoms with E-state index in [9.17, 15) is 9.18 Å². The van der Waals surface area contributed by atoms with Crippen LogP contribution in [0, 0.1) is 12.7 Å². The van der Waals surface area contributed by atoms with Gasteiger partial charge in [0, 0.05) is 19.6 Å². The molecule has 0 saturated heterocycles. The Morgan fingerprint density at radius 1 is 1.19 bits per heavy atom. The van der Waals surface area contributed by atoms with Crippen molar-refractivity contribution < 1.29 is 9.18 Å². The Bertz CT molecular complexity index is 731. The second-order valence-corrected chi connectivity index (χ2v) is 6.74. The van der Waals surface area contributed by atoms with E-state index in [1.165, 1.54) is 17.4 Å². The van der Waals surface area contributed by atoms with Crippen molar-refractivity contribution in [2.45, 2.75) is 26.8 Å². The maximum atomic E-state index is 13.3. The van der Waals surface area contributed by atoms with Gasteiger partial charge in [-0.1, -0.05) is 18.2 Å². The summed E-state index contributed by atoms with van der Waals surface area (Å²) >= 11 is 1.43. The maximum Gasteiger partial charge on any atom is 0.261 e. The maximum absolute atomic E-state index is 13.3. The van der Waals surface area contributed by atoms with Crippen LogP contribution in [0.2, 0.25) is 0 Å². The summed E-state index contributed by atoms with van der Waals surface area (Å²) in [5, 5.41) is 11.2. The summed E-state index contributed by atoms with van der Waals surface area (Å²) in [6, 6.07) is 8.70. The first-order valence-corrected chi connectivity index (χ1v) is 9.57. The molecular formula is C19H25FN4OS. The number of guanidine groups is 1. The number of aryl methyl sites for hydroxylation is 1. The molecule has 140 valence electrons. The van der Waals surface area contributed by atoms with Gasteiger partial charge in [0.2, 0.25) is 0 Å². The van der Waals surface area contributed by atoms with E-state index in [-0.39, 0.29) is 11.7 Å². The highest BCUT2D eigenvalue weighted by Gasteiger charge is 2.05. The Hall–Kier alpha value is -2.41. The molecule has 1 aromatic heterocycles. The fourth-order valence-corrected chi connectivity index (χ4v) is 2.95. The lowest BCUT2D eigenvalue weighted by molar-refractivity contribution is 0.0957. The van der Waals surface area contributed by atoms with Crippen LogP contribution in [0.1, 0.15) is 34.1 Å². The molecule has 0 atom stereocenters. The first kappa shape index (κ1) is 19.9. The van der Waals surface area contributed by atoms with Gasteiger partial charge in [-0.25, -0.2) is 9.38 Å². The van der Waals surface area contributed by atoms with Crippen LogP contribution in [-0.2, 0) is 6.54 Å². The molecule has 2 rings (SSSR count). The van der Waals surface area contributed by atoms with Crippen LogP contribution in [0.5, 0.6) is 0 Å². The van der Waals surface area contributed by atoms with Crippen LogP contribution in [0.4, 0.5) is 4.39 Å². The van der Waals surface area contributed by atoms with Gasteiger partial charge in [0.1, 0.15) is 5.82 Å². The average molecular weight is 377 g/mol. The van der Waals surface area contributed by atoms with E-state index in [4.69, 9.17) is 0 Å². The minimum absolute atomic E-state index is 0.0350. The lowest BCUT2D eigenvalue weighted by Crippen LogP contribution is -2.38. The van der Waals surface area contributed by atoms with Crippen molar-refractivity contribution in [2.24, 2.45) is 4.99 Å². The van der Waals surface area contributed by atoms with E-state index in [1.807, 2.05) is 30.5 Å². The summed E-state index contributed by atoms with van der Waals surface area (Å²) in [6.07, 6.45) is 0.789. The number of nitrogens with zero attached hydrogens (tertiary/aromatic N) is 1. The molecule has 0 saturated carbocycles. The minimum atomic E-state index is -0.202. The van der Waals surface area contributed by atoms with Crippen LogP contribution >= 0.6 is 11.3 Å². The van der Waals surface area contributed by atoms with Crippen molar-refractivity contribution in [3.63, 3.8) is 0 Å². The predicted octanol–water partition coefficient (Wildman–Crippen LogP) is 3.07. The summed E-state index contributed by atoms with van der Waals surface area (Å²) in [4.78, 5) is 17.1. The third-order valence-corrected chi connectivity index (χ3v) is 4.53. The van der Waals surface area contributed by atoms with Crippen molar-refractivity contribution in [1.82, 2.24) is 16.0 Å². The average Bonchev–Trinajstić information content (AvgIpc) is 3.16. The lowest BCUT2D eigenvalue weighted by Gasteiger charge is -2.11. The number of hydrogen-bond donors (Lipinski definition) is 3. The molecule has 0 fully saturated rings. The fourth-order valence-electron chi connectivity index (χ4n) is 2.31. The van der Waals surface area contributed by atoms with Gasteiger partial charge in [0.25, 0.3) is 5.91 Å². The van der Waals surface area contributed by atoms with Gasteiger partial charge in [-0.15, -0.1) is 11.3 Å². The molecule has 7 heteroatoms. The number of rotatable bonds is 8. The number of nitrogens with one attached hydrogen (secondary N) is 3. The summed E-state index contributed by atoms with van der Waals surface area (Å²) in [7, 11) is 0. The molecular weight excluding hydrogens is 351 g/mol. The van der Waals surface area contributed by atoms with E-state index in [2.05, 4.69) is 20.9 Å². The summed E-state index contributed by atoms with van der Waals surface area (Å²) in [5.41, 5.74) is 1.58. The van der Waals surface area contributed by atoms with Crippen LogP contribution < -0.4 is 16.0 Å². The van der Waals surface area contributed by atoms with Gasteiger partial charge >= 0.3 is 0 Å². The zero-order valence-electron chi connectivity index (χ0n) is 15.1. The van der Waals surface area contributed by atoms with Gasteiger partial charge in [0.05, 0.1) is 11.4 Å². The fraction of sp³-hybridized carbons (Fsp3) is 0.368. The highest BCUT2D eigenvalue weighted by Crippen LogP contribution is 2.10. The van der Waals surface area contributed by atoms with Gasteiger partial charge in [-0.05, 0) is 48.9 Å². The second kappa shape index (κ2) is 10.6. The first-order chi connectivity index (χ1) is 12.6. The number of aliphatic imine (C=N–C) groups is 1. The third kappa shape index (κ3) is 6.48. The Morgan fingerprint density at radius 2 is 2.00 bits per heavy atom. The Balaban J connectivity index is 1.74. The standard InChI is InChI=1S/C19H25FN4OS/c1-3-21-19(24-13-15-7-8-16(20)14(2)12-15)23-10-5-9-22-18(25)17-6-4-11-26-17/h4,6-8,11-12H,3,5,9-10,13H2,1-2H3,(H,22,25)(H2,21,23,24). The first-order valence-electron chi connectivity index (χ1n) is 8.69. The second-order valence-electron chi connectivity index (χ2n) is 5.79. The number of amides is 1. The number of thiophene rings is 1. The van der Waals surface area contributed by atoms with Gasteiger partial charge in [0.15, 0.2) is 5.96 Å². The lowest BCUT2D eigenvalue weighted by atomic mass is 10.1. The molecule has 5 nitrogen and oxygen atoms in total. The summed E-state index contributed by atoms with van der Waals surface area (Å²) < 4.78 is 13.3. The van der Waals surface area contributed by atoms with E-state index < -0.39 is 0 Å². The molecule has 1 amide bonds. The molecule has 2 aromatic rings. The SMILES string of the molecule is CCNC(=NCc1ccc(F)c(C)c1)NCCCNC(=O)c1cccs1. The molecule has 1 heterocycles. The van der Waals surface area contributed by atoms with Crippen molar-refractivity contribution >= 4 is 23.2 Å². The number of hydrogen-bond acceptors (Lipinski definition) is 3. The summed E-state index contributed by atoms with van der Waals surface area (Å²) in [6.45, 7) is 6.27. The molecule has 26 heavy (non-hydrogen) atoms. The van der Waals surface area contributed by atoms with Crippen LogP contribution in [0.3, 0.4) is 0 Å². The molecule has 3 N–H and O–H groups in total. The molecule has 1 aromatic carbocycles. The van der Waals surface area contributed by atoms with E-state index in [0.29, 0.717) is 31.2 Å². The monoisotopic (exact) mass is 376 g/mol.